The van der Waals surface area contributed by atoms with E-state index in [4.69, 9.17) is 9.15 Å². The first kappa shape index (κ1) is 18.4. The molecule has 4 aromatic rings. The van der Waals surface area contributed by atoms with Crippen LogP contribution < -0.4 is 10.1 Å². The quantitative estimate of drug-likeness (QED) is 0.525. The van der Waals surface area contributed by atoms with Gasteiger partial charge in [0.2, 0.25) is 11.8 Å². The van der Waals surface area contributed by atoms with E-state index in [1.807, 2.05) is 43.3 Å². The zero-order valence-electron chi connectivity index (χ0n) is 16.0. The number of para-hydroxylation sites is 2. The molecular weight excluding hydrogens is 366 g/mol. The third-order valence-corrected chi connectivity index (χ3v) is 4.55. The Bertz CT molecular complexity index is 1150. The minimum absolute atomic E-state index is 0.229. The van der Waals surface area contributed by atoms with Crippen LogP contribution >= 0.6 is 0 Å². The molecule has 0 atom stereocenters. The number of aromatic nitrogens is 2. The van der Waals surface area contributed by atoms with Gasteiger partial charge in [-0.1, -0.05) is 30.3 Å². The highest BCUT2D eigenvalue weighted by Crippen LogP contribution is 2.27. The Morgan fingerprint density at radius 2 is 1.59 bits per heavy atom. The lowest BCUT2D eigenvalue weighted by atomic mass is 10.1. The zero-order chi connectivity index (χ0) is 20.2. The molecule has 0 spiro atoms. The topological polar surface area (TPSA) is 77.2 Å². The van der Waals surface area contributed by atoms with Crippen molar-refractivity contribution in [3.8, 4) is 28.7 Å². The molecule has 0 aliphatic heterocycles. The van der Waals surface area contributed by atoms with Gasteiger partial charge in [0.05, 0.1) is 12.8 Å². The molecule has 3 aromatic carbocycles. The van der Waals surface area contributed by atoms with E-state index in [1.54, 1.807) is 43.5 Å². The predicted molar refractivity (Wildman–Crippen MR) is 111 cm³/mol. The SMILES string of the molecule is COc1ccccc1NC(=O)c1ccc(-c2nnc(-c3ccccc3C)o2)cc1. The summed E-state index contributed by atoms with van der Waals surface area (Å²) in [5.41, 5.74) is 3.83. The third-order valence-electron chi connectivity index (χ3n) is 4.55. The van der Waals surface area contributed by atoms with Crippen LogP contribution in [0.3, 0.4) is 0 Å². The first-order valence-electron chi connectivity index (χ1n) is 9.10. The van der Waals surface area contributed by atoms with E-state index < -0.39 is 0 Å². The maximum absolute atomic E-state index is 12.5. The van der Waals surface area contributed by atoms with Gasteiger partial charge in [-0.2, -0.15) is 0 Å². The molecule has 144 valence electrons. The summed E-state index contributed by atoms with van der Waals surface area (Å²) in [7, 11) is 1.56. The van der Waals surface area contributed by atoms with Gasteiger partial charge in [0.15, 0.2) is 0 Å². The molecule has 1 N–H and O–H groups in total. The van der Waals surface area contributed by atoms with Gasteiger partial charge < -0.3 is 14.5 Å². The van der Waals surface area contributed by atoms with Crippen molar-refractivity contribution in [3.05, 3.63) is 83.9 Å². The average molecular weight is 385 g/mol. The zero-order valence-corrected chi connectivity index (χ0v) is 16.0. The van der Waals surface area contributed by atoms with Gasteiger partial charge in [-0.15, -0.1) is 10.2 Å². The van der Waals surface area contributed by atoms with Crippen LogP contribution in [-0.2, 0) is 0 Å². The maximum atomic E-state index is 12.5. The molecule has 1 heterocycles. The summed E-state index contributed by atoms with van der Waals surface area (Å²) in [6.07, 6.45) is 0. The van der Waals surface area contributed by atoms with Crippen LogP contribution in [0.5, 0.6) is 5.75 Å². The Morgan fingerprint density at radius 1 is 0.897 bits per heavy atom. The molecule has 0 aliphatic carbocycles. The summed E-state index contributed by atoms with van der Waals surface area (Å²) in [6, 6.07) is 22.1. The first-order valence-corrected chi connectivity index (χ1v) is 9.10. The van der Waals surface area contributed by atoms with Gasteiger partial charge >= 0.3 is 0 Å². The number of nitrogens with one attached hydrogen (secondary N) is 1. The summed E-state index contributed by atoms with van der Waals surface area (Å²) in [4.78, 5) is 12.5. The number of aryl methyl sites for hydroxylation is 1. The van der Waals surface area contributed by atoms with E-state index in [-0.39, 0.29) is 5.91 Å². The highest BCUT2D eigenvalue weighted by molar-refractivity contribution is 6.05. The molecule has 0 unspecified atom stereocenters. The molecular formula is C23H19N3O3. The summed E-state index contributed by atoms with van der Waals surface area (Å²) in [5, 5.41) is 11.1. The highest BCUT2D eigenvalue weighted by atomic mass is 16.5. The summed E-state index contributed by atoms with van der Waals surface area (Å²) in [6.45, 7) is 1.99. The van der Waals surface area contributed by atoms with Crippen molar-refractivity contribution in [2.24, 2.45) is 0 Å². The van der Waals surface area contributed by atoms with Gasteiger partial charge in [-0.3, -0.25) is 4.79 Å². The van der Waals surface area contributed by atoms with Crippen molar-refractivity contribution in [2.75, 3.05) is 12.4 Å². The first-order chi connectivity index (χ1) is 14.2. The van der Waals surface area contributed by atoms with E-state index >= 15 is 0 Å². The van der Waals surface area contributed by atoms with Crippen molar-refractivity contribution >= 4 is 11.6 Å². The van der Waals surface area contributed by atoms with Crippen molar-refractivity contribution < 1.29 is 13.9 Å². The van der Waals surface area contributed by atoms with E-state index in [2.05, 4.69) is 15.5 Å². The number of nitrogens with zero attached hydrogens (tertiary/aromatic N) is 2. The molecule has 29 heavy (non-hydrogen) atoms. The standard InChI is InChI=1S/C23H19N3O3/c1-15-7-3-4-8-18(15)23-26-25-22(29-23)17-13-11-16(12-14-17)21(27)24-19-9-5-6-10-20(19)28-2/h3-14H,1-2H3,(H,24,27). The van der Waals surface area contributed by atoms with E-state index in [0.29, 0.717) is 28.8 Å². The molecule has 1 amide bonds. The molecule has 0 bridgehead atoms. The molecule has 6 heteroatoms. The summed E-state index contributed by atoms with van der Waals surface area (Å²) in [5.74, 6) is 1.25. The molecule has 0 aliphatic rings. The third kappa shape index (κ3) is 3.87. The number of rotatable bonds is 5. The fourth-order valence-corrected chi connectivity index (χ4v) is 2.97. The number of anilines is 1. The van der Waals surface area contributed by atoms with Crippen molar-refractivity contribution in [1.29, 1.82) is 0 Å². The number of benzene rings is 3. The van der Waals surface area contributed by atoms with E-state index in [9.17, 15) is 4.79 Å². The number of amides is 1. The second kappa shape index (κ2) is 7.98. The van der Waals surface area contributed by atoms with E-state index in [1.165, 1.54) is 0 Å². The van der Waals surface area contributed by atoms with E-state index in [0.717, 1.165) is 16.7 Å². The Hall–Kier alpha value is -3.93. The largest absolute Gasteiger partial charge is 0.495 e. The van der Waals surface area contributed by atoms with Crippen LogP contribution in [0.1, 0.15) is 15.9 Å². The van der Waals surface area contributed by atoms with Gasteiger partial charge in [0.1, 0.15) is 5.75 Å². The Morgan fingerprint density at radius 3 is 2.34 bits per heavy atom. The normalized spacial score (nSPS) is 10.6. The van der Waals surface area contributed by atoms with Gasteiger partial charge in [0, 0.05) is 16.7 Å². The molecule has 4 rings (SSSR count). The molecule has 0 radical (unpaired) electrons. The fraction of sp³-hybridized carbons (Fsp3) is 0.0870. The molecule has 0 saturated carbocycles. The second-order valence-corrected chi connectivity index (χ2v) is 6.46. The van der Waals surface area contributed by atoms with Crippen LogP contribution in [-0.4, -0.2) is 23.2 Å². The van der Waals surface area contributed by atoms with Crippen molar-refractivity contribution in [2.45, 2.75) is 6.92 Å². The van der Waals surface area contributed by atoms with Gasteiger partial charge in [-0.05, 0) is 55.0 Å². The summed E-state index contributed by atoms with van der Waals surface area (Å²) >= 11 is 0. The summed E-state index contributed by atoms with van der Waals surface area (Å²) < 4.78 is 11.1. The van der Waals surface area contributed by atoms with Crippen LogP contribution in [0.4, 0.5) is 5.69 Å². The van der Waals surface area contributed by atoms with Crippen LogP contribution in [0.2, 0.25) is 0 Å². The minimum Gasteiger partial charge on any atom is -0.495 e. The fourth-order valence-electron chi connectivity index (χ4n) is 2.97. The Kier molecular flexibility index (Phi) is 5.07. The Labute approximate surface area is 168 Å². The second-order valence-electron chi connectivity index (χ2n) is 6.46. The number of methoxy groups -OCH3 is 1. The highest BCUT2D eigenvalue weighted by Gasteiger charge is 2.14. The van der Waals surface area contributed by atoms with Crippen LogP contribution in [0, 0.1) is 6.92 Å². The number of carbonyl (C=O) groups is 1. The minimum atomic E-state index is -0.229. The predicted octanol–water partition coefficient (Wildman–Crippen LogP) is 4.97. The maximum Gasteiger partial charge on any atom is 0.255 e. The lowest BCUT2D eigenvalue weighted by Crippen LogP contribution is -2.12. The van der Waals surface area contributed by atoms with Crippen molar-refractivity contribution in [3.63, 3.8) is 0 Å². The lowest BCUT2D eigenvalue weighted by Gasteiger charge is -2.09. The molecule has 6 nitrogen and oxygen atoms in total. The van der Waals surface area contributed by atoms with Crippen LogP contribution in [0.15, 0.2) is 77.2 Å². The Balaban J connectivity index is 1.52. The number of ether oxygens (including phenoxy) is 1. The number of hydrogen-bond acceptors (Lipinski definition) is 5. The molecule has 0 fully saturated rings. The number of hydrogen-bond donors (Lipinski definition) is 1. The van der Waals surface area contributed by atoms with Gasteiger partial charge in [0.25, 0.3) is 5.91 Å². The molecule has 0 saturated heterocycles. The lowest BCUT2D eigenvalue weighted by molar-refractivity contribution is 0.102. The van der Waals surface area contributed by atoms with Gasteiger partial charge in [-0.25, -0.2) is 0 Å². The van der Waals surface area contributed by atoms with Crippen molar-refractivity contribution in [1.82, 2.24) is 10.2 Å². The monoisotopic (exact) mass is 385 g/mol. The number of carbonyl (C=O) groups excluding carboxylic acids is 1. The average Bonchev–Trinajstić information content (AvgIpc) is 3.24. The molecule has 1 aromatic heterocycles. The van der Waals surface area contributed by atoms with Crippen LogP contribution in [0.25, 0.3) is 22.9 Å². The smallest absolute Gasteiger partial charge is 0.255 e.